The van der Waals surface area contributed by atoms with E-state index >= 15 is 0 Å². The lowest BCUT2D eigenvalue weighted by molar-refractivity contribution is 0.428. The van der Waals surface area contributed by atoms with Gasteiger partial charge in [-0.1, -0.05) is 134 Å². The van der Waals surface area contributed by atoms with E-state index in [9.17, 15) is 0 Å². The SMILES string of the molecule is C=C(OC(=N)C1=CCC=C(c2ccccc2)C=C1)C1=CCC=C(C2=CC=C(c3nnc(-c4ccc(-c5ccccc5)cc4)o3)C3CC23)C=C1. The number of nitrogens with zero attached hydrogens (tertiary/aromatic N) is 2. The van der Waals surface area contributed by atoms with Crippen molar-refractivity contribution in [1.29, 1.82) is 5.41 Å². The van der Waals surface area contributed by atoms with Crippen molar-refractivity contribution >= 4 is 17.0 Å². The molecule has 1 N–H and O–H groups in total. The normalized spacial score (nSPS) is 19.5. The molecule has 1 saturated carbocycles. The maximum absolute atomic E-state index is 8.64. The van der Waals surface area contributed by atoms with Crippen molar-refractivity contribution in [1.82, 2.24) is 10.2 Å². The molecule has 0 spiro atoms. The van der Waals surface area contributed by atoms with Crippen molar-refractivity contribution in [3.8, 4) is 22.6 Å². The summed E-state index contributed by atoms with van der Waals surface area (Å²) in [6, 6.07) is 28.8. The second-order valence-electron chi connectivity index (χ2n) is 12.5. The summed E-state index contributed by atoms with van der Waals surface area (Å²) in [6.45, 7) is 4.17. The summed E-state index contributed by atoms with van der Waals surface area (Å²) < 4.78 is 12.2. The van der Waals surface area contributed by atoms with Crippen LogP contribution in [0.15, 0.2) is 185 Å². The third-order valence-electron chi connectivity index (χ3n) is 9.43. The molecule has 5 nitrogen and oxygen atoms in total. The zero-order chi connectivity index (χ0) is 33.2. The van der Waals surface area contributed by atoms with Gasteiger partial charge in [0.2, 0.25) is 17.7 Å². The first kappa shape index (κ1) is 30.3. The molecule has 1 fully saturated rings. The first-order valence-electron chi connectivity index (χ1n) is 16.7. The van der Waals surface area contributed by atoms with Gasteiger partial charge in [-0.05, 0) is 82.7 Å². The van der Waals surface area contributed by atoms with Crippen LogP contribution >= 0.6 is 0 Å². The topological polar surface area (TPSA) is 72.0 Å². The molecule has 1 aromatic heterocycles. The lowest BCUT2D eigenvalue weighted by Crippen LogP contribution is -2.06. The van der Waals surface area contributed by atoms with Crippen molar-refractivity contribution in [2.45, 2.75) is 19.3 Å². The minimum atomic E-state index is 0.0950. The van der Waals surface area contributed by atoms with Crippen LogP contribution in [0, 0.1) is 17.2 Å². The average Bonchev–Trinajstić information content (AvgIpc) is 3.92. The average molecular weight is 638 g/mol. The number of nitrogens with one attached hydrogen (secondary N) is 1. The van der Waals surface area contributed by atoms with Crippen molar-refractivity contribution in [2.75, 3.05) is 0 Å². The van der Waals surface area contributed by atoms with Crippen LogP contribution in [0.4, 0.5) is 0 Å². The molecule has 0 radical (unpaired) electrons. The lowest BCUT2D eigenvalue weighted by atomic mass is 9.92. The van der Waals surface area contributed by atoms with Gasteiger partial charge in [0.1, 0.15) is 5.76 Å². The van der Waals surface area contributed by atoms with Gasteiger partial charge >= 0.3 is 0 Å². The van der Waals surface area contributed by atoms with Crippen LogP contribution in [-0.2, 0) is 4.74 Å². The first-order valence-corrected chi connectivity index (χ1v) is 16.7. The van der Waals surface area contributed by atoms with E-state index in [-0.39, 0.29) is 5.90 Å². The summed E-state index contributed by atoms with van der Waals surface area (Å²) in [7, 11) is 0. The minimum absolute atomic E-state index is 0.0950. The number of rotatable bonds is 8. The minimum Gasteiger partial charge on any atom is -0.439 e. The monoisotopic (exact) mass is 637 g/mol. The van der Waals surface area contributed by atoms with Crippen molar-refractivity contribution in [2.24, 2.45) is 11.8 Å². The molecule has 238 valence electrons. The lowest BCUT2D eigenvalue weighted by Gasteiger charge is -2.13. The number of allylic oxidation sites excluding steroid dienone is 13. The smallest absolute Gasteiger partial charge is 0.248 e. The van der Waals surface area contributed by atoms with Gasteiger partial charge in [0.05, 0.1) is 0 Å². The number of aromatic nitrogens is 2. The molecular weight excluding hydrogens is 603 g/mol. The molecule has 0 saturated heterocycles. The van der Waals surface area contributed by atoms with E-state index in [1.54, 1.807) is 0 Å². The predicted octanol–water partition coefficient (Wildman–Crippen LogP) is 10.7. The highest BCUT2D eigenvalue weighted by atomic mass is 16.5. The van der Waals surface area contributed by atoms with Crippen molar-refractivity contribution in [3.63, 3.8) is 0 Å². The Morgan fingerprint density at radius 2 is 1.18 bits per heavy atom. The largest absolute Gasteiger partial charge is 0.439 e. The predicted molar refractivity (Wildman–Crippen MR) is 197 cm³/mol. The van der Waals surface area contributed by atoms with Crippen LogP contribution in [-0.4, -0.2) is 16.1 Å². The first-order chi connectivity index (χ1) is 24.1. The van der Waals surface area contributed by atoms with Gasteiger partial charge in [0, 0.05) is 22.3 Å². The molecule has 49 heavy (non-hydrogen) atoms. The Balaban J connectivity index is 0.905. The fourth-order valence-corrected chi connectivity index (χ4v) is 6.67. The summed E-state index contributed by atoms with van der Waals surface area (Å²) in [4.78, 5) is 0. The van der Waals surface area contributed by atoms with Crippen LogP contribution in [0.25, 0.3) is 33.7 Å². The van der Waals surface area contributed by atoms with E-state index < -0.39 is 0 Å². The van der Waals surface area contributed by atoms with Gasteiger partial charge in [0.15, 0.2) is 0 Å². The molecule has 2 unspecified atom stereocenters. The Hall–Kier alpha value is -6.07. The second kappa shape index (κ2) is 13.2. The Labute approximate surface area is 286 Å². The van der Waals surface area contributed by atoms with Crippen LogP contribution in [0.2, 0.25) is 0 Å². The number of benzene rings is 3. The highest BCUT2D eigenvalue weighted by Gasteiger charge is 2.46. The van der Waals surface area contributed by atoms with Crippen LogP contribution in [0.3, 0.4) is 0 Å². The molecule has 0 aliphatic heterocycles. The molecule has 0 amide bonds. The molecule has 2 atom stereocenters. The molecule has 8 rings (SSSR count). The number of hydrogen-bond donors (Lipinski definition) is 1. The molecule has 4 aliphatic rings. The Morgan fingerprint density at radius 1 is 0.612 bits per heavy atom. The molecule has 4 aromatic rings. The van der Waals surface area contributed by atoms with E-state index in [2.05, 4.69) is 89.6 Å². The molecule has 0 bridgehead atoms. The van der Waals surface area contributed by atoms with Crippen LogP contribution < -0.4 is 0 Å². The Kier molecular flexibility index (Phi) is 8.16. The maximum Gasteiger partial charge on any atom is 0.248 e. The van der Waals surface area contributed by atoms with Gasteiger partial charge < -0.3 is 9.15 Å². The molecular formula is C44H35N3O2. The molecule has 3 aromatic carbocycles. The van der Waals surface area contributed by atoms with Gasteiger partial charge in [-0.3, -0.25) is 5.41 Å². The van der Waals surface area contributed by atoms with Crippen molar-refractivity contribution in [3.05, 3.63) is 192 Å². The zero-order valence-electron chi connectivity index (χ0n) is 27.1. The molecule has 1 heterocycles. The maximum atomic E-state index is 8.64. The summed E-state index contributed by atoms with van der Waals surface area (Å²) >= 11 is 0. The van der Waals surface area contributed by atoms with E-state index in [0.717, 1.165) is 58.2 Å². The van der Waals surface area contributed by atoms with E-state index in [4.69, 9.17) is 14.6 Å². The van der Waals surface area contributed by atoms with Crippen LogP contribution in [0.5, 0.6) is 0 Å². The van der Waals surface area contributed by atoms with Crippen molar-refractivity contribution < 1.29 is 9.15 Å². The third kappa shape index (κ3) is 6.43. The van der Waals surface area contributed by atoms with Gasteiger partial charge in [-0.25, -0.2) is 0 Å². The van der Waals surface area contributed by atoms with Gasteiger partial charge in [0.25, 0.3) is 0 Å². The number of fused-ring (bicyclic) bond motifs is 1. The summed E-state index contributed by atoms with van der Waals surface area (Å²) in [5.74, 6) is 2.49. The zero-order valence-corrected chi connectivity index (χ0v) is 27.1. The van der Waals surface area contributed by atoms with Gasteiger partial charge in [-0.2, -0.15) is 0 Å². The third-order valence-corrected chi connectivity index (χ3v) is 9.43. The van der Waals surface area contributed by atoms with Crippen LogP contribution in [0.1, 0.15) is 30.7 Å². The number of hydrogen-bond acceptors (Lipinski definition) is 5. The van der Waals surface area contributed by atoms with E-state index in [1.807, 2.05) is 72.8 Å². The highest BCUT2D eigenvalue weighted by Crippen LogP contribution is 2.56. The second-order valence-corrected chi connectivity index (χ2v) is 12.5. The van der Waals surface area contributed by atoms with E-state index in [1.165, 1.54) is 16.7 Å². The Bertz CT molecular complexity index is 2190. The number of ether oxygens (including phenoxy) is 1. The molecule has 4 aliphatic carbocycles. The summed E-state index contributed by atoms with van der Waals surface area (Å²) in [5, 5.41) is 17.5. The quantitative estimate of drug-likeness (QED) is 0.119. The summed E-state index contributed by atoms with van der Waals surface area (Å²) in [5.41, 5.74) is 10.8. The standard InChI is InChI=1S/C44H35N3O2/c1-29(48-42(45)36-17-9-15-33(19-23-36)31-10-4-2-5-11-31)30-14-8-16-35(22-18-30)38-26-27-39(41-28-40(38)41)44-47-46-43(49-44)37-24-20-34(21-25-37)32-12-6-3-7-13-32/h2-7,10-27,40-41,45H,1,8-9,28H2. The fourth-order valence-electron chi connectivity index (χ4n) is 6.67. The Morgan fingerprint density at radius 3 is 1.96 bits per heavy atom. The fraction of sp³-hybridized carbons (Fsp3) is 0.114. The van der Waals surface area contributed by atoms with Gasteiger partial charge in [-0.15, -0.1) is 10.2 Å². The highest BCUT2D eigenvalue weighted by molar-refractivity contribution is 5.96. The summed E-state index contributed by atoms with van der Waals surface area (Å²) in [6.07, 6.45) is 23.6. The molecule has 5 heteroatoms. The van der Waals surface area contributed by atoms with E-state index in [0.29, 0.717) is 29.4 Å².